The molecule has 1 aliphatic rings. The number of aromatic nitrogens is 4. The van der Waals surface area contributed by atoms with Gasteiger partial charge in [0.25, 0.3) is 0 Å². The average molecular weight is 666 g/mol. The molecule has 0 bridgehead atoms. The van der Waals surface area contributed by atoms with E-state index in [0.29, 0.717) is 53.9 Å². The maximum absolute atomic E-state index is 14.0. The minimum Gasteiger partial charge on any atom is -0.443 e. The number of rotatable bonds is 7. The number of hydrogen-bond acceptors (Lipinski definition) is 6. The predicted molar refractivity (Wildman–Crippen MR) is 170 cm³/mol. The Hall–Kier alpha value is -5.36. The monoisotopic (exact) mass is 665 g/mol. The van der Waals surface area contributed by atoms with Crippen molar-refractivity contribution >= 4 is 12.1 Å². The highest BCUT2D eigenvalue weighted by atomic mass is 19.4. The van der Waals surface area contributed by atoms with Gasteiger partial charge in [-0.1, -0.05) is 6.07 Å². The van der Waals surface area contributed by atoms with E-state index in [2.05, 4.69) is 10.4 Å². The molecule has 1 aliphatic heterocycles. The van der Waals surface area contributed by atoms with E-state index in [9.17, 15) is 32.8 Å². The van der Waals surface area contributed by atoms with E-state index in [1.807, 2.05) is 27.2 Å². The summed E-state index contributed by atoms with van der Waals surface area (Å²) >= 11 is 0. The molecule has 15 heteroatoms. The minimum atomic E-state index is -4.66. The number of likely N-dealkylation sites (tertiary alicyclic amines) is 1. The number of carbonyl (C=O) groups is 2. The Bertz CT molecular complexity index is 1900. The number of piperidine rings is 1. The van der Waals surface area contributed by atoms with Gasteiger partial charge in [-0.3, -0.25) is 4.57 Å². The first-order chi connectivity index (χ1) is 22.7. The summed E-state index contributed by atoms with van der Waals surface area (Å²) in [6.07, 6.45) is -2.82. The minimum absolute atomic E-state index is 0.0679. The van der Waals surface area contributed by atoms with Crippen molar-refractivity contribution in [1.82, 2.24) is 29.1 Å². The van der Waals surface area contributed by atoms with Crippen molar-refractivity contribution in [3.63, 3.8) is 0 Å². The van der Waals surface area contributed by atoms with E-state index in [1.165, 1.54) is 23.0 Å². The molecular weight excluding hydrogens is 629 g/mol. The number of imidazole rings is 1. The van der Waals surface area contributed by atoms with E-state index < -0.39 is 35.6 Å². The maximum Gasteiger partial charge on any atom is 0.416 e. The van der Waals surface area contributed by atoms with Crippen molar-refractivity contribution in [2.45, 2.75) is 32.0 Å². The zero-order chi connectivity index (χ0) is 34.8. The molecule has 0 atom stereocenters. The second-order valence-corrected chi connectivity index (χ2v) is 12.6. The molecule has 2 amide bonds. The van der Waals surface area contributed by atoms with Crippen LogP contribution in [0.5, 0.6) is 0 Å². The summed E-state index contributed by atoms with van der Waals surface area (Å²) in [7, 11) is 5.98. The highest BCUT2D eigenvalue weighted by molar-refractivity contribution is 5.83. The molecule has 0 aliphatic carbocycles. The summed E-state index contributed by atoms with van der Waals surface area (Å²) in [6, 6.07) is 13.3. The third-order valence-corrected chi connectivity index (χ3v) is 8.11. The van der Waals surface area contributed by atoms with Crippen molar-refractivity contribution < 1.29 is 32.0 Å². The van der Waals surface area contributed by atoms with E-state index >= 15 is 0 Å². The van der Waals surface area contributed by atoms with Crippen LogP contribution in [0, 0.1) is 18.3 Å². The van der Waals surface area contributed by atoms with Crippen LogP contribution in [0.1, 0.15) is 29.7 Å². The predicted octanol–water partition coefficient (Wildman–Crippen LogP) is 4.56. The lowest BCUT2D eigenvalue weighted by Crippen LogP contribution is -2.49. The zero-order valence-corrected chi connectivity index (χ0v) is 27.0. The molecule has 1 fully saturated rings. The van der Waals surface area contributed by atoms with Gasteiger partial charge in [0, 0.05) is 19.1 Å². The van der Waals surface area contributed by atoms with Crippen LogP contribution in [0.3, 0.4) is 0 Å². The van der Waals surface area contributed by atoms with Gasteiger partial charge in [-0.05, 0) is 68.3 Å². The van der Waals surface area contributed by atoms with Gasteiger partial charge in [-0.2, -0.15) is 23.5 Å². The Morgan fingerprint density at radius 3 is 2.38 bits per heavy atom. The number of quaternary nitrogens is 1. The second kappa shape index (κ2) is 13.4. The molecule has 0 saturated carbocycles. The molecular formula is C33H36F3N8O4+. The molecule has 2 aromatic heterocycles. The highest BCUT2D eigenvalue weighted by Crippen LogP contribution is 2.32. The van der Waals surface area contributed by atoms with E-state index in [4.69, 9.17) is 4.74 Å². The maximum atomic E-state index is 14.0. The summed E-state index contributed by atoms with van der Waals surface area (Å²) < 4.78 is 50.4. The molecule has 2 aromatic carbocycles. The molecule has 252 valence electrons. The fraction of sp³-hybridized carbons (Fsp3) is 0.364. The van der Waals surface area contributed by atoms with Gasteiger partial charge in [0.2, 0.25) is 0 Å². The van der Waals surface area contributed by atoms with Gasteiger partial charge >= 0.3 is 24.0 Å². The van der Waals surface area contributed by atoms with Crippen molar-refractivity contribution in [2.75, 3.05) is 47.4 Å². The number of likely N-dealkylation sites (N-methyl/N-ethyl adjacent to an activating group) is 1. The standard InChI is InChI=1S/C33H35F3N8O4/c1-22-29(28-12-15-38-43(28)26-10-8-23(21-37)9-11-26)42(31(46)41(22)27-7-5-6-24(20-27)33(34,35)36)30(45)39-25-13-16-40(17-14-25)32(47)48-19-18-44(2,3)4/h5-12,15,20,25H,13-14,16-19H2,1-4H3/p+1. The number of hydrogen-bond donors (Lipinski definition) is 1. The lowest BCUT2D eigenvalue weighted by Gasteiger charge is -2.32. The first kappa shape index (κ1) is 34.0. The summed E-state index contributed by atoms with van der Waals surface area (Å²) in [5.41, 5.74) is -0.297. The SMILES string of the molecule is Cc1c(-c2ccnn2-c2ccc(C#N)cc2)n(C(=O)NC2CCN(C(=O)OCC[N+](C)(C)C)CC2)c(=O)n1-c1cccc(C(F)(F)F)c1. The first-order valence-corrected chi connectivity index (χ1v) is 15.3. The third-order valence-electron chi connectivity index (χ3n) is 8.11. The lowest BCUT2D eigenvalue weighted by molar-refractivity contribution is -0.870. The number of nitriles is 1. The van der Waals surface area contributed by atoms with Crippen LogP contribution in [-0.4, -0.2) is 93.8 Å². The summed E-state index contributed by atoms with van der Waals surface area (Å²) in [6.45, 7) is 3.11. The number of benzene rings is 2. The van der Waals surface area contributed by atoms with Crippen molar-refractivity contribution in [2.24, 2.45) is 0 Å². The van der Waals surface area contributed by atoms with Crippen LogP contribution in [0.2, 0.25) is 0 Å². The Morgan fingerprint density at radius 2 is 1.75 bits per heavy atom. The van der Waals surface area contributed by atoms with Crippen LogP contribution in [-0.2, 0) is 10.9 Å². The lowest BCUT2D eigenvalue weighted by atomic mass is 10.1. The fourth-order valence-electron chi connectivity index (χ4n) is 5.53. The molecule has 4 aromatic rings. The molecule has 1 saturated heterocycles. The van der Waals surface area contributed by atoms with Crippen molar-refractivity contribution in [1.29, 1.82) is 5.26 Å². The Labute approximate surface area is 274 Å². The smallest absolute Gasteiger partial charge is 0.416 e. The molecule has 1 N–H and O–H groups in total. The van der Waals surface area contributed by atoms with Crippen molar-refractivity contribution in [3.05, 3.63) is 88.1 Å². The molecule has 0 radical (unpaired) electrons. The first-order valence-electron chi connectivity index (χ1n) is 15.3. The summed E-state index contributed by atoms with van der Waals surface area (Å²) in [4.78, 5) is 42.1. The van der Waals surface area contributed by atoms with E-state index in [1.54, 1.807) is 42.2 Å². The molecule has 3 heterocycles. The van der Waals surface area contributed by atoms with Crippen LogP contribution in [0.25, 0.3) is 22.8 Å². The second-order valence-electron chi connectivity index (χ2n) is 12.6. The molecule has 12 nitrogen and oxygen atoms in total. The van der Waals surface area contributed by atoms with Gasteiger partial charge in [0.15, 0.2) is 0 Å². The zero-order valence-electron chi connectivity index (χ0n) is 27.0. The third kappa shape index (κ3) is 7.28. The Kier molecular flexibility index (Phi) is 9.49. The van der Waals surface area contributed by atoms with Crippen LogP contribution in [0.4, 0.5) is 22.8 Å². The summed E-state index contributed by atoms with van der Waals surface area (Å²) in [5.74, 6) is 0. The van der Waals surface area contributed by atoms with E-state index in [0.717, 1.165) is 21.3 Å². The van der Waals surface area contributed by atoms with Crippen LogP contribution < -0.4 is 11.0 Å². The number of nitrogens with one attached hydrogen (secondary N) is 1. The van der Waals surface area contributed by atoms with Gasteiger partial charge in [-0.15, -0.1) is 0 Å². The molecule has 0 unspecified atom stereocenters. The molecule has 48 heavy (non-hydrogen) atoms. The normalized spacial score (nSPS) is 14.1. The number of amides is 2. The Morgan fingerprint density at radius 1 is 1.06 bits per heavy atom. The van der Waals surface area contributed by atoms with Crippen LogP contribution >= 0.6 is 0 Å². The highest BCUT2D eigenvalue weighted by Gasteiger charge is 2.33. The van der Waals surface area contributed by atoms with Gasteiger partial charge in [0.05, 0.1) is 67.3 Å². The number of ether oxygens (including phenoxy) is 1. The number of alkyl halides is 3. The molecule has 5 rings (SSSR count). The van der Waals surface area contributed by atoms with Crippen molar-refractivity contribution in [3.8, 4) is 28.8 Å². The topological polar surface area (TPSA) is 127 Å². The number of halogens is 3. The van der Waals surface area contributed by atoms with Gasteiger partial charge < -0.3 is 19.4 Å². The van der Waals surface area contributed by atoms with Gasteiger partial charge in [0.1, 0.15) is 18.8 Å². The van der Waals surface area contributed by atoms with E-state index in [-0.39, 0.29) is 23.7 Å². The van der Waals surface area contributed by atoms with Gasteiger partial charge in [-0.25, -0.2) is 23.6 Å². The summed E-state index contributed by atoms with van der Waals surface area (Å²) in [5, 5.41) is 16.5. The quantitative estimate of drug-likeness (QED) is 0.289. The molecule has 0 spiro atoms. The largest absolute Gasteiger partial charge is 0.443 e. The number of carbonyl (C=O) groups excluding carboxylic acids is 2. The van der Waals surface area contributed by atoms with Crippen LogP contribution in [0.15, 0.2) is 65.6 Å². The number of nitrogens with zero attached hydrogens (tertiary/aromatic N) is 7. The Balaban J connectivity index is 1.48. The average Bonchev–Trinajstić information content (AvgIpc) is 3.62. The fourth-order valence-corrected chi connectivity index (χ4v) is 5.53.